The van der Waals surface area contributed by atoms with E-state index in [-0.39, 0.29) is 18.5 Å². The summed E-state index contributed by atoms with van der Waals surface area (Å²) >= 11 is 0. The normalized spacial score (nSPS) is 21.1. The zero-order valence-corrected chi connectivity index (χ0v) is 10.3. The molecule has 1 saturated heterocycles. The molecule has 1 aliphatic heterocycles. The number of β-amino-alcohol motifs (C(OH)–C–C–N with tert-alkyl or cyclic N) is 1. The third kappa shape index (κ3) is 2.63. The van der Waals surface area contributed by atoms with E-state index < -0.39 is 35.5 Å². The number of aliphatic hydroxyl groups excluding tert-OH is 1. The molecule has 0 bridgehead atoms. The number of hydrogen-bond donors (Lipinski definition) is 1. The van der Waals surface area contributed by atoms with Gasteiger partial charge in [0.05, 0.1) is 12.6 Å². The summed E-state index contributed by atoms with van der Waals surface area (Å²) in [5.74, 6) is -2.71. The van der Waals surface area contributed by atoms with Crippen LogP contribution in [0.5, 0.6) is 0 Å². The molecule has 1 N–H and O–H groups in total. The van der Waals surface area contributed by atoms with E-state index in [0.29, 0.717) is 0 Å². The van der Waals surface area contributed by atoms with Gasteiger partial charge >= 0.3 is 0 Å². The van der Waals surface area contributed by atoms with E-state index in [2.05, 4.69) is 0 Å². The van der Waals surface area contributed by atoms with Crippen LogP contribution in [0, 0.1) is 17.6 Å². The highest BCUT2D eigenvalue weighted by molar-refractivity contribution is 6.03. The van der Waals surface area contributed by atoms with Gasteiger partial charge in [-0.15, -0.1) is 0 Å². The topological polar surface area (TPSA) is 57.6 Å². The van der Waals surface area contributed by atoms with Gasteiger partial charge in [-0.05, 0) is 18.2 Å². The molecule has 6 heteroatoms. The molecule has 2 amide bonds. The molecule has 1 aliphatic rings. The van der Waals surface area contributed by atoms with Crippen LogP contribution in [-0.2, 0) is 9.59 Å². The molecule has 2 atom stereocenters. The highest BCUT2D eigenvalue weighted by Crippen LogP contribution is 2.24. The van der Waals surface area contributed by atoms with Crippen molar-refractivity contribution in [2.75, 3.05) is 6.54 Å². The second-order valence-corrected chi connectivity index (χ2v) is 4.63. The zero-order valence-electron chi connectivity index (χ0n) is 10.3. The van der Waals surface area contributed by atoms with Gasteiger partial charge in [0, 0.05) is 17.9 Å². The van der Waals surface area contributed by atoms with Gasteiger partial charge in [0.2, 0.25) is 11.8 Å². The van der Waals surface area contributed by atoms with E-state index >= 15 is 0 Å². The molecule has 0 saturated carbocycles. The number of amides is 2. The van der Waals surface area contributed by atoms with E-state index in [4.69, 9.17) is 0 Å². The van der Waals surface area contributed by atoms with Gasteiger partial charge in [-0.3, -0.25) is 14.5 Å². The van der Waals surface area contributed by atoms with Crippen LogP contribution in [0.25, 0.3) is 0 Å². The highest BCUT2D eigenvalue weighted by Gasteiger charge is 2.36. The van der Waals surface area contributed by atoms with Crippen LogP contribution in [0.4, 0.5) is 8.78 Å². The minimum absolute atomic E-state index is 0.0805. The molecular formula is C13H13F2NO3. The molecule has 2 rings (SSSR count). The Balaban J connectivity index is 2.17. The van der Waals surface area contributed by atoms with Crippen LogP contribution in [0.15, 0.2) is 18.2 Å². The van der Waals surface area contributed by atoms with Crippen molar-refractivity contribution < 1.29 is 23.5 Å². The summed E-state index contributed by atoms with van der Waals surface area (Å²) in [4.78, 5) is 24.1. The minimum Gasteiger partial charge on any atom is -0.386 e. The van der Waals surface area contributed by atoms with Gasteiger partial charge in [-0.2, -0.15) is 0 Å². The van der Waals surface area contributed by atoms with Gasteiger partial charge in [-0.1, -0.05) is 6.92 Å². The molecule has 1 aromatic rings. The number of likely N-dealkylation sites (tertiary alicyclic amines) is 1. The van der Waals surface area contributed by atoms with Crippen LogP contribution >= 0.6 is 0 Å². The Labute approximate surface area is 108 Å². The minimum atomic E-state index is -1.44. The fourth-order valence-electron chi connectivity index (χ4n) is 2.08. The predicted molar refractivity (Wildman–Crippen MR) is 61.8 cm³/mol. The van der Waals surface area contributed by atoms with Crippen LogP contribution in [0.2, 0.25) is 0 Å². The SMILES string of the molecule is CC1CC(=O)N(CC(O)c2cc(F)ccc2F)C1=O. The lowest BCUT2D eigenvalue weighted by Gasteiger charge is -2.19. The Morgan fingerprint density at radius 1 is 1.42 bits per heavy atom. The fourth-order valence-corrected chi connectivity index (χ4v) is 2.08. The number of carbonyl (C=O) groups excluding carboxylic acids is 2. The first-order chi connectivity index (χ1) is 8.90. The highest BCUT2D eigenvalue weighted by atomic mass is 19.1. The van der Waals surface area contributed by atoms with Gasteiger partial charge in [-0.25, -0.2) is 8.78 Å². The molecule has 2 unspecified atom stereocenters. The summed E-state index contributed by atoms with van der Waals surface area (Å²) in [6.45, 7) is 1.25. The van der Waals surface area contributed by atoms with Crippen LogP contribution in [0.3, 0.4) is 0 Å². The second-order valence-electron chi connectivity index (χ2n) is 4.63. The fraction of sp³-hybridized carbons (Fsp3) is 0.385. The Kier molecular flexibility index (Phi) is 3.61. The van der Waals surface area contributed by atoms with E-state index in [1.807, 2.05) is 0 Å². The van der Waals surface area contributed by atoms with Gasteiger partial charge in [0.25, 0.3) is 0 Å². The van der Waals surface area contributed by atoms with Crippen molar-refractivity contribution in [3.8, 4) is 0 Å². The molecule has 0 spiro atoms. The molecule has 0 radical (unpaired) electrons. The molecule has 0 aliphatic carbocycles. The van der Waals surface area contributed by atoms with Crippen molar-refractivity contribution in [1.29, 1.82) is 0 Å². The standard InChI is InChI=1S/C13H13F2NO3/c1-7-4-12(18)16(13(7)19)6-11(17)9-5-8(14)2-3-10(9)15/h2-3,5,7,11,17H,4,6H2,1H3. The molecule has 102 valence electrons. The smallest absolute Gasteiger partial charge is 0.232 e. The summed E-state index contributed by atoms with van der Waals surface area (Å²) in [5, 5.41) is 9.86. The van der Waals surface area contributed by atoms with E-state index in [9.17, 15) is 23.5 Å². The van der Waals surface area contributed by atoms with Gasteiger partial charge in [0.1, 0.15) is 11.6 Å². The summed E-state index contributed by atoms with van der Waals surface area (Å²) in [6.07, 6.45) is -1.36. The summed E-state index contributed by atoms with van der Waals surface area (Å²) in [6, 6.07) is 2.68. The van der Waals surface area contributed by atoms with Gasteiger partial charge < -0.3 is 5.11 Å². The maximum atomic E-state index is 13.4. The van der Waals surface area contributed by atoms with Crippen molar-refractivity contribution in [1.82, 2.24) is 4.90 Å². The molecule has 4 nitrogen and oxygen atoms in total. The molecule has 19 heavy (non-hydrogen) atoms. The number of benzene rings is 1. The summed E-state index contributed by atoms with van der Waals surface area (Å²) in [5.41, 5.74) is -0.264. The number of halogens is 2. The lowest BCUT2D eigenvalue weighted by atomic mass is 10.1. The summed E-state index contributed by atoms with van der Waals surface area (Å²) in [7, 11) is 0. The third-order valence-electron chi connectivity index (χ3n) is 3.14. The molecule has 1 fully saturated rings. The van der Waals surface area contributed by atoms with Crippen molar-refractivity contribution in [3.05, 3.63) is 35.4 Å². The average Bonchev–Trinajstić information content (AvgIpc) is 2.59. The number of imide groups is 1. The lowest BCUT2D eigenvalue weighted by molar-refractivity contribution is -0.140. The number of carbonyl (C=O) groups is 2. The number of nitrogens with zero attached hydrogens (tertiary/aromatic N) is 1. The molecule has 0 aromatic heterocycles. The Bertz CT molecular complexity index is 533. The molecule has 1 aromatic carbocycles. The van der Waals surface area contributed by atoms with Crippen LogP contribution in [-0.4, -0.2) is 28.4 Å². The predicted octanol–water partition coefficient (Wildman–Crippen LogP) is 1.39. The average molecular weight is 269 g/mol. The molecular weight excluding hydrogens is 256 g/mol. The first-order valence-corrected chi connectivity index (χ1v) is 5.87. The first-order valence-electron chi connectivity index (χ1n) is 5.87. The maximum absolute atomic E-state index is 13.4. The van der Waals surface area contributed by atoms with E-state index in [1.165, 1.54) is 0 Å². The Morgan fingerprint density at radius 2 is 2.11 bits per heavy atom. The number of rotatable bonds is 3. The number of aliphatic hydroxyl groups is 1. The second kappa shape index (κ2) is 5.05. The quantitative estimate of drug-likeness (QED) is 0.844. The van der Waals surface area contributed by atoms with Crippen molar-refractivity contribution >= 4 is 11.8 Å². The van der Waals surface area contributed by atoms with Crippen LogP contribution < -0.4 is 0 Å². The first kappa shape index (κ1) is 13.6. The third-order valence-corrected chi connectivity index (χ3v) is 3.14. The van der Waals surface area contributed by atoms with Crippen molar-refractivity contribution in [2.45, 2.75) is 19.4 Å². The largest absolute Gasteiger partial charge is 0.386 e. The molecule has 1 heterocycles. The zero-order chi connectivity index (χ0) is 14.2. The van der Waals surface area contributed by atoms with Crippen molar-refractivity contribution in [3.63, 3.8) is 0 Å². The maximum Gasteiger partial charge on any atom is 0.232 e. The summed E-state index contributed by atoms with van der Waals surface area (Å²) < 4.78 is 26.5. The van der Waals surface area contributed by atoms with E-state index in [1.54, 1.807) is 6.92 Å². The van der Waals surface area contributed by atoms with Crippen LogP contribution in [0.1, 0.15) is 25.0 Å². The monoisotopic (exact) mass is 269 g/mol. The Hall–Kier alpha value is -1.82. The Morgan fingerprint density at radius 3 is 2.68 bits per heavy atom. The lowest BCUT2D eigenvalue weighted by Crippen LogP contribution is -2.34. The van der Waals surface area contributed by atoms with E-state index in [0.717, 1.165) is 23.1 Å². The van der Waals surface area contributed by atoms with Crippen molar-refractivity contribution in [2.24, 2.45) is 5.92 Å². The van der Waals surface area contributed by atoms with Gasteiger partial charge in [0.15, 0.2) is 0 Å². The number of hydrogen-bond acceptors (Lipinski definition) is 3.